The molecule has 1 heterocycles. The number of unbranched alkanes of at least 4 members (excludes halogenated alkanes) is 1. The number of carbonyl (C=O) groups excluding carboxylic acids is 1. The minimum Gasteiger partial charge on any atom is -0.385 e. The quantitative estimate of drug-likeness (QED) is 0.158. The molecule has 7 nitrogen and oxygen atoms in total. The number of thiazole rings is 1. The molecule has 4 rings (SSSR count). The Morgan fingerprint density at radius 3 is 2.32 bits per heavy atom. The number of hydrogen-bond donors (Lipinski definition) is 2. The Morgan fingerprint density at radius 2 is 1.68 bits per heavy atom. The maximum Gasteiger partial charge on any atom is 0.353 e. The van der Waals surface area contributed by atoms with E-state index in [0.29, 0.717) is 11.1 Å². The van der Waals surface area contributed by atoms with Gasteiger partial charge in [-0.15, -0.1) is 0 Å². The molecule has 0 aliphatic carbocycles. The zero-order valence-corrected chi connectivity index (χ0v) is 19.5. The average Bonchev–Trinajstić information content (AvgIpc) is 3.29. The van der Waals surface area contributed by atoms with Crippen LogP contribution >= 0.6 is 11.3 Å². The van der Waals surface area contributed by atoms with Gasteiger partial charge in [0.1, 0.15) is 0 Å². The molecular formula is C26H24N4O3S. The number of aromatic nitrogens is 1. The van der Waals surface area contributed by atoms with Gasteiger partial charge in [-0.25, -0.2) is 4.98 Å². The first kappa shape index (κ1) is 23.1. The molecule has 0 bridgehead atoms. The number of nitrogens with zero attached hydrogens (tertiary/aromatic N) is 2. The topological polar surface area (TPSA) is 97.2 Å². The Morgan fingerprint density at radius 1 is 1.00 bits per heavy atom. The third-order valence-electron chi connectivity index (χ3n) is 5.25. The second kappa shape index (κ2) is 10.7. The minimum absolute atomic E-state index is 0.111. The number of nitro groups is 1. The molecule has 1 aromatic heterocycles. The van der Waals surface area contributed by atoms with Crippen molar-refractivity contribution >= 4 is 33.1 Å². The molecule has 0 unspecified atom stereocenters. The molecule has 0 radical (unpaired) electrons. The summed E-state index contributed by atoms with van der Waals surface area (Å²) < 4.78 is 0. The average molecular weight is 473 g/mol. The van der Waals surface area contributed by atoms with Crippen LogP contribution in [0.3, 0.4) is 0 Å². The smallest absolute Gasteiger partial charge is 0.353 e. The van der Waals surface area contributed by atoms with Crippen molar-refractivity contribution < 1.29 is 9.72 Å². The van der Waals surface area contributed by atoms with Gasteiger partial charge in [0.15, 0.2) is 10.8 Å². The molecule has 0 saturated heterocycles. The predicted octanol–water partition coefficient (Wildman–Crippen LogP) is 6.85. The van der Waals surface area contributed by atoms with E-state index < -0.39 is 4.92 Å². The Labute approximate surface area is 201 Å². The van der Waals surface area contributed by atoms with Crippen molar-refractivity contribution in [1.29, 1.82) is 0 Å². The largest absolute Gasteiger partial charge is 0.385 e. The molecule has 8 heteroatoms. The summed E-state index contributed by atoms with van der Waals surface area (Å²) >= 11 is 0.849. The molecule has 0 aliphatic heterocycles. The summed E-state index contributed by atoms with van der Waals surface area (Å²) in [6, 6.07) is 24.2. The third kappa shape index (κ3) is 5.29. The Hall–Kier alpha value is -4.04. The summed E-state index contributed by atoms with van der Waals surface area (Å²) in [6.07, 6.45) is 2.14. The lowest BCUT2D eigenvalue weighted by Gasteiger charge is -2.13. The second-order valence-electron chi connectivity index (χ2n) is 7.66. The van der Waals surface area contributed by atoms with E-state index in [1.165, 1.54) is 0 Å². The molecule has 34 heavy (non-hydrogen) atoms. The van der Waals surface area contributed by atoms with E-state index in [0.717, 1.165) is 47.5 Å². The second-order valence-corrected chi connectivity index (χ2v) is 8.63. The van der Waals surface area contributed by atoms with Crippen molar-refractivity contribution in [1.82, 2.24) is 4.98 Å². The summed E-state index contributed by atoms with van der Waals surface area (Å²) in [6.45, 7) is 2.98. The maximum absolute atomic E-state index is 13.3. The molecule has 1 amide bonds. The van der Waals surface area contributed by atoms with Gasteiger partial charge < -0.3 is 5.32 Å². The van der Waals surface area contributed by atoms with Crippen molar-refractivity contribution in [2.75, 3.05) is 17.2 Å². The van der Waals surface area contributed by atoms with Crippen LogP contribution < -0.4 is 10.6 Å². The van der Waals surface area contributed by atoms with E-state index in [2.05, 4.69) is 22.5 Å². The van der Waals surface area contributed by atoms with Crippen LogP contribution in [0.15, 0.2) is 78.9 Å². The lowest BCUT2D eigenvalue weighted by Crippen LogP contribution is -2.13. The monoisotopic (exact) mass is 472 g/mol. The molecule has 0 atom stereocenters. The first-order valence-electron chi connectivity index (χ1n) is 11.0. The molecule has 0 aliphatic rings. The Bertz CT molecular complexity index is 1290. The number of nitrogens with one attached hydrogen (secondary N) is 2. The number of rotatable bonds is 9. The molecule has 0 fully saturated rings. The van der Waals surface area contributed by atoms with Crippen molar-refractivity contribution in [3.63, 3.8) is 0 Å². The van der Waals surface area contributed by atoms with Crippen LogP contribution in [-0.2, 0) is 0 Å². The zero-order chi connectivity index (χ0) is 23.9. The highest BCUT2D eigenvalue weighted by Gasteiger charge is 2.24. The van der Waals surface area contributed by atoms with Crippen LogP contribution in [0.1, 0.15) is 30.1 Å². The lowest BCUT2D eigenvalue weighted by molar-refractivity contribution is -0.379. The Kier molecular flexibility index (Phi) is 7.29. The van der Waals surface area contributed by atoms with Gasteiger partial charge in [-0.3, -0.25) is 20.2 Å². The highest BCUT2D eigenvalue weighted by molar-refractivity contribution is 7.19. The van der Waals surface area contributed by atoms with Crippen molar-refractivity contribution in [3.8, 4) is 22.4 Å². The molecule has 172 valence electrons. The van der Waals surface area contributed by atoms with Crippen LogP contribution in [0, 0.1) is 10.1 Å². The lowest BCUT2D eigenvalue weighted by atomic mass is 9.98. The molecule has 4 aromatic rings. The Balaban J connectivity index is 1.66. The summed E-state index contributed by atoms with van der Waals surface area (Å²) in [5.41, 5.74) is 3.94. The highest BCUT2D eigenvalue weighted by Crippen LogP contribution is 2.38. The van der Waals surface area contributed by atoms with Gasteiger partial charge in [0.05, 0.1) is 4.92 Å². The number of anilines is 2. The molecule has 3 aromatic carbocycles. The van der Waals surface area contributed by atoms with Crippen LogP contribution in [0.2, 0.25) is 0 Å². The van der Waals surface area contributed by atoms with Crippen LogP contribution in [0.4, 0.5) is 15.8 Å². The first-order valence-corrected chi connectivity index (χ1v) is 11.8. The number of carbonyl (C=O) groups is 1. The van der Waals surface area contributed by atoms with Gasteiger partial charge in [0.25, 0.3) is 5.91 Å². The van der Waals surface area contributed by atoms with Gasteiger partial charge in [0, 0.05) is 23.4 Å². The van der Waals surface area contributed by atoms with Crippen LogP contribution in [-0.4, -0.2) is 22.4 Å². The summed E-state index contributed by atoms with van der Waals surface area (Å²) in [5, 5.41) is 17.8. The normalized spacial score (nSPS) is 10.6. The maximum atomic E-state index is 13.3. The van der Waals surface area contributed by atoms with Gasteiger partial charge in [0.2, 0.25) is 0 Å². The van der Waals surface area contributed by atoms with Crippen LogP contribution in [0.25, 0.3) is 22.4 Å². The summed E-state index contributed by atoms with van der Waals surface area (Å²) in [7, 11) is 0. The predicted molar refractivity (Wildman–Crippen MR) is 137 cm³/mol. The zero-order valence-electron chi connectivity index (χ0n) is 18.7. The van der Waals surface area contributed by atoms with Crippen molar-refractivity contribution in [2.45, 2.75) is 19.8 Å². The van der Waals surface area contributed by atoms with Crippen molar-refractivity contribution in [2.24, 2.45) is 0 Å². The van der Waals surface area contributed by atoms with E-state index in [1.807, 2.05) is 48.5 Å². The standard InChI is InChI=1S/C26H24N4O3S/c1-2-3-16-27-20-14-15-21(22(17-20)18-10-6-4-7-11-18)24(31)29-26-28-23(25(34-26)30(32)33)19-12-8-5-9-13-19/h4-15,17,27H,2-3,16H2,1H3,(H,28,29,31). The minimum atomic E-state index is -0.470. The number of amides is 1. The first-order chi connectivity index (χ1) is 16.6. The van der Waals surface area contributed by atoms with Crippen LogP contribution in [0.5, 0.6) is 0 Å². The summed E-state index contributed by atoms with van der Waals surface area (Å²) in [4.78, 5) is 28.8. The number of benzene rings is 3. The van der Waals surface area contributed by atoms with Gasteiger partial charge >= 0.3 is 5.00 Å². The fourth-order valence-corrected chi connectivity index (χ4v) is 4.35. The fourth-order valence-electron chi connectivity index (χ4n) is 3.56. The van der Waals surface area contributed by atoms with E-state index in [4.69, 9.17) is 0 Å². The van der Waals surface area contributed by atoms with E-state index in [1.54, 1.807) is 30.3 Å². The fraction of sp³-hybridized carbons (Fsp3) is 0.154. The van der Waals surface area contributed by atoms with E-state index >= 15 is 0 Å². The van der Waals surface area contributed by atoms with Gasteiger partial charge in [-0.1, -0.05) is 74.0 Å². The van der Waals surface area contributed by atoms with Crippen molar-refractivity contribution in [3.05, 3.63) is 94.5 Å². The molecular weight excluding hydrogens is 448 g/mol. The molecule has 0 spiro atoms. The van der Waals surface area contributed by atoms with Gasteiger partial charge in [-0.05, 0) is 47.1 Å². The summed E-state index contributed by atoms with van der Waals surface area (Å²) in [5.74, 6) is -0.373. The highest BCUT2D eigenvalue weighted by atomic mass is 32.1. The molecule has 2 N–H and O–H groups in total. The third-order valence-corrected chi connectivity index (χ3v) is 6.17. The SMILES string of the molecule is CCCCNc1ccc(C(=O)Nc2nc(-c3ccccc3)c([N+](=O)[O-])s2)c(-c2ccccc2)c1. The van der Waals surface area contributed by atoms with E-state index in [9.17, 15) is 14.9 Å². The molecule has 0 saturated carbocycles. The van der Waals surface area contributed by atoms with Gasteiger partial charge in [-0.2, -0.15) is 0 Å². The van der Waals surface area contributed by atoms with E-state index in [-0.39, 0.29) is 21.7 Å². The number of hydrogen-bond acceptors (Lipinski definition) is 6.